The molecule has 0 spiro atoms. The lowest BCUT2D eigenvalue weighted by molar-refractivity contribution is 0.145. The third-order valence-electron chi connectivity index (χ3n) is 2.82. The molecule has 0 saturated carbocycles. The minimum Gasteiger partial charge on any atom is -0.381 e. The first kappa shape index (κ1) is 10.0. The second-order valence-electron chi connectivity index (χ2n) is 4.19. The molecule has 12 heavy (non-hydrogen) atoms. The molecule has 0 radical (unpaired) electrons. The molecule has 0 bridgehead atoms. The summed E-state index contributed by atoms with van der Waals surface area (Å²) in [6, 6.07) is 0.592. The predicted octanol–water partition coefficient (Wildman–Crippen LogP) is 1.80. The third kappa shape index (κ3) is 2.46. The Hall–Kier alpha value is -0.0800. The van der Waals surface area contributed by atoms with E-state index in [0.29, 0.717) is 11.5 Å². The van der Waals surface area contributed by atoms with Gasteiger partial charge in [0.1, 0.15) is 0 Å². The van der Waals surface area contributed by atoms with E-state index in [4.69, 9.17) is 4.74 Å². The second kappa shape index (κ2) is 4.24. The zero-order valence-electron chi connectivity index (χ0n) is 8.52. The van der Waals surface area contributed by atoms with Crippen LogP contribution in [0.25, 0.3) is 0 Å². The molecule has 1 atom stereocenters. The van der Waals surface area contributed by atoms with Crippen molar-refractivity contribution in [3.8, 4) is 0 Å². The van der Waals surface area contributed by atoms with Gasteiger partial charge in [-0.25, -0.2) is 0 Å². The molecule has 1 heterocycles. The molecule has 1 saturated heterocycles. The Morgan fingerprint density at radius 3 is 2.67 bits per heavy atom. The van der Waals surface area contributed by atoms with Crippen molar-refractivity contribution < 1.29 is 4.74 Å². The summed E-state index contributed by atoms with van der Waals surface area (Å²) in [5.41, 5.74) is 0.435. The van der Waals surface area contributed by atoms with Crippen LogP contribution in [0.5, 0.6) is 0 Å². The summed E-state index contributed by atoms with van der Waals surface area (Å²) < 4.78 is 5.44. The Morgan fingerprint density at radius 1 is 1.50 bits per heavy atom. The van der Waals surface area contributed by atoms with E-state index in [-0.39, 0.29) is 0 Å². The normalized spacial score (nSPS) is 30.0. The first-order valence-electron chi connectivity index (χ1n) is 5.00. The molecule has 1 rings (SSSR count). The molecule has 72 valence electrons. The van der Waals surface area contributed by atoms with Crippen LogP contribution < -0.4 is 5.32 Å². The van der Waals surface area contributed by atoms with Crippen LogP contribution in [0, 0.1) is 5.41 Å². The van der Waals surface area contributed by atoms with Gasteiger partial charge in [0, 0.05) is 24.6 Å². The average Bonchev–Trinajstić information content (AvgIpc) is 2.50. The van der Waals surface area contributed by atoms with Crippen LogP contribution in [0.2, 0.25) is 0 Å². The van der Waals surface area contributed by atoms with E-state index in [9.17, 15) is 0 Å². The van der Waals surface area contributed by atoms with E-state index in [1.807, 2.05) is 0 Å². The fourth-order valence-corrected chi connectivity index (χ4v) is 1.61. The van der Waals surface area contributed by atoms with Gasteiger partial charge in [0.25, 0.3) is 0 Å². The molecule has 0 aromatic carbocycles. The summed E-state index contributed by atoms with van der Waals surface area (Å²) in [5.74, 6) is 0. The van der Waals surface area contributed by atoms with Crippen molar-refractivity contribution >= 4 is 0 Å². The maximum Gasteiger partial charge on any atom is 0.0535 e. The van der Waals surface area contributed by atoms with Gasteiger partial charge in [-0.05, 0) is 12.8 Å². The molecule has 1 N–H and O–H groups in total. The minimum absolute atomic E-state index is 0.435. The quantitative estimate of drug-likeness (QED) is 0.696. The van der Waals surface area contributed by atoms with Crippen molar-refractivity contribution in [2.45, 2.75) is 39.7 Å². The summed E-state index contributed by atoms with van der Waals surface area (Å²) in [7, 11) is 0. The van der Waals surface area contributed by atoms with Gasteiger partial charge >= 0.3 is 0 Å². The highest BCUT2D eigenvalue weighted by Gasteiger charge is 2.32. The van der Waals surface area contributed by atoms with Crippen LogP contribution in [0.4, 0.5) is 0 Å². The highest BCUT2D eigenvalue weighted by molar-refractivity contribution is 4.84. The van der Waals surface area contributed by atoms with Crippen molar-refractivity contribution in [2.75, 3.05) is 19.8 Å². The van der Waals surface area contributed by atoms with Gasteiger partial charge in [-0.15, -0.1) is 0 Å². The lowest BCUT2D eigenvalue weighted by Crippen LogP contribution is -2.37. The Kier molecular flexibility index (Phi) is 3.53. The second-order valence-corrected chi connectivity index (χ2v) is 4.19. The van der Waals surface area contributed by atoms with Crippen molar-refractivity contribution in [1.82, 2.24) is 5.32 Å². The molecular formula is C10H21NO. The van der Waals surface area contributed by atoms with Gasteiger partial charge in [0.2, 0.25) is 0 Å². The SMILES string of the molecule is CCC1(CNC(C)C)CCOC1. The molecule has 1 aliphatic rings. The van der Waals surface area contributed by atoms with E-state index >= 15 is 0 Å². The lowest BCUT2D eigenvalue weighted by atomic mass is 9.84. The first-order chi connectivity index (χ1) is 5.68. The van der Waals surface area contributed by atoms with E-state index < -0.39 is 0 Å². The Labute approximate surface area is 75.7 Å². The Bertz CT molecular complexity index is 128. The molecule has 0 aliphatic carbocycles. The van der Waals surface area contributed by atoms with Gasteiger partial charge < -0.3 is 10.1 Å². The molecule has 1 fully saturated rings. The van der Waals surface area contributed by atoms with E-state index in [1.54, 1.807) is 0 Å². The van der Waals surface area contributed by atoms with Crippen molar-refractivity contribution in [3.05, 3.63) is 0 Å². The van der Waals surface area contributed by atoms with Gasteiger partial charge in [0.15, 0.2) is 0 Å². The highest BCUT2D eigenvalue weighted by atomic mass is 16.5. The molecule has 0 aromatic rings. The summed E-state index contributed by atoms with van der Waals surface area (Å²) in [6.45, 7) is 9.66. The molecule has 1 aliphatic heterocycles. The predicted molar refractivity (Wildman–Crippen MR) is 51.3 cm³/mol. The van der Waals surface area contributed by atoms with Crippen LogP contribution in [0.3, 0.4) is 0 Å². The number of hydrogen-bond acceptors (Lipinski definition) is 2. The molecular weight excluding hydrogens is 150 g/mol. The Balaban J connectivity index is 2.34. The minimum atomic E-state index is 0.435. The number of rotatable bonds is 4. The maximum atomic E-state index is 5.44. The number of nitrogens with one attached hydrogen (secondary N) is 1. The molecule has 2 heteroatoms. The fourth-order valence-electron chi connectivity index (χ4n) is 1.61. The number of ether oxygens (including phenoxy) is 1. The zero-order valence-corrected chi connectivity index (χ0v) is 8.52. The summed E-state index contributed by atoms with van der Waals surface area (Å²) in [5, 5.41) is 3.50. The summed E-state index contributed by atoms with van der Waals surface area (Å²) in [6.07, 6.45) is 2.45. The van der Waals surface area contributed by atoms with Gasteiger partial charge in [0.05, 0.1) is 6.61 Å². The Morgan fingerprint density at radius 2 is 2.25 bits per heavy atom. The average molecular weight is 171 g/mol. The van der Waals surface area contributed by atoms with E-state index in [2.05, 4.69) is 26.1 Å². The van der Waals surface area contributed by atoms with Crippen molar-refractivity contribution in [2.24, 2.45) is 5.41 Å². The van der Waals surface area contributed by atoms with Crippen molar-refractivity contribution in [3.63, 3.8) is 0 Å². The van der Waals surface area contributed by atoms with Gasteiger partial charge in [-0.1, -0.05) is 20.8 Å². The smallest absolute Gasteiger partial charge is 0.0535 e. The third-order valence-corrected chi connectivity index (χ3v) is 2.82. The maximum absolute atomic E-state index is 5.44. The monoisotopic (exact) mass is 171 g/mol. The number of hydrogen-bond donors (Lipinski definition) is 1. The molecule has 0 amide bonds. The van der Waals surface area contributed by atoms with E-state index in [0.717, 1.165) is 19.8 Å². The summed E-state index contributed by atoms with van der Waals surface area (Å²) >= 11 is 0. The highest BCUT2D eigenvalue weighted by Crippen LogP contribution is 2.31. The standard InChI is InChI=1S/C10H21NO/c1-4-10(5-6-12-8-10)7-11-9(2)3/h9,11H,4-8H2,1-3H3. The van der Waals surface area contributed by atoms with Crippen LogP contribution >= 0.6 is 0 Å². The van der Waals surface area contributed by atoms with Crippen molar-refractivity contribution in [1.29, 1.82) is 0 Å². The van der Waals surface area contributed by atoms with Crippen LogP contribution in [-0.4, -0.2) is 25.8 Å². The largest absolute Gasteiger partial charge is 0.381 e. The van der Waals surface area contributed by atoms with Gasteiger partial charge in [-0.2, -0.15) is 0 Å². The van der Waals surface area contributed by atoms with Crippen LogP contribution in [0.15, 0.2) is 0 Å². The van der Waals surface area contributed by atoms with Crippen LogP contribution in [0.1, 0.15) is 33.6 Å². The molecule has 1 unspecified atom stereocenters. The van der Waals surface area contributed by atoms with E-state index in [1.165, 1.54) is 12.8 Å². The lowest BCUT2D eigenvalue weighted by Gasteiger charge is -2.27. The topological polar surface area (TPSA) is 21.3 Å². The summed E-state index contributed by atoms with van der Waals surface area (Å²) in [4.78, 5) is 0. The molecule has 2 nitrogen and oxygen atoms in total. The van der Waals surface area contributed by atoms with Gasteiger partial charge in [-0.3, -0.25) is 0 Å². The van der Waals surface area contributed by atoms with Crippen LogP contribution in [-0.2, 0) is 4.74 Å². The fraction of sp³-hybridized carbons (Fsp3) is 1.00. The molecule has 0 aromatic heterocycles. The first-order valence-corrected chi connectivity index (χ1v) is 5.00. The zero-order chi connectivity index (χ0) is 9.03.